The first-order valence-electron chi connectivity index (χ1n) is 12.4. The molecule has 1 atom stereocenters. The van der Waals surface area contributed by atoms with Gasteiger partial charge < -0.3 is 14.6 Å². The smallest absolute Gasteiger partial charge is 0.254 e. The molecule has 1 aromatic heterocycles. The molecule has 5 rings (SSSR count). The number of nitrogens with one attached hydrogen (secondary N) is 1. The number of hydrogen-bond donors (Lipinski definition) is 1. The predicted octanol–water partition coefficient (Wildman–Crippen LogP) is 5.01. The van der Waals surface area contributed by atoms with Crippen molar-refractivity contribution < 1.29 is 9.53 Å². The Balaban J connectivity index is 1.23. The Bertz CT molecular complexity index is 1080. The van der Waals surface area contributed by atoms with Crippen LogP contribution >= 0.6 is 0 Å². The van der Waals surface area contributed by atoms with E-state index in [4.69, 9.17) is 4.74 Å². The number of aryl methyl sites for hydroxylation is 1. The Morgan fingerprint density at radius 3 is 2.73 bits per heavy atom. The number of carbonyl (C=O) groups is 1. The molecule has 0 bridgehead atoms. The molecule has 0 spiro atoms. The molecule has 1 amide bonds. The number of piperidine rings is 1. The van der Waals surface area contributed by atoms with Crippen LogP contribution in [-0.4, -0.2) is 59.6 Å². The van der Waals surface area contributed by atoms with Gasteiger partial charge in [0.2, 0.25) is 0 Å². The molecule has 2 aliphatic rings. The summed E-state index contributed by atoms with van der Waals surface area (Å²) in [7, 11) is 0. The van der Waals surface area contributed by atoms with Gasteiger partial charge in [-0.25, -0.2) is 0 Å². The normalized spacial score (nSPS) is 19.8. The van der Waals surface area contributed by atoms with E-state index in [1.165, 1.54) is 11.1 Å². The predicted molar refractivity (Wildman–Crippen MR) is 132 cm³/mol. The van der Waals surface area contributed by atoms with Crippen molar-refractivity contribution in [2.24, 2.45) is 5.92 Å². The number of aromatic amines is 1. The van der Waals surface area contributed by atoms with Gasteiger partial charge in [-0.1, -0.05) is 30.3 Å². The summed E-state index contributed by atoms with van der Waals surface area (Å²) >= 11 is 0. The molecule has 0 saturated carbocycles. The lowest BCUT2D eigenvalue weighted by atomic mass is 9.95. The highest BCUT2D eigenvalue weighted by Crippen LogP contribution is 2.24. The van der Waals surface area contributed by atoms with Crippen molar-refractivity contribution in [1.29, 1.82) is 0 Å². The number of fused-ring (bicyclic) bond motifs is 1. The summed E-state index contributed by atoms with van der Waals surface area (Å²) in [6, 6.07) is 16.7. The average molecular weight is 446 g/mol. The third-order valence-electron chi connectivity index (χ3n) is 7.38. The van der Waals surface area contributed by atoms with E-state index in [1.807, 2.05) is 30.5 Å². The van der Waals surface area contributed by atoms with Crippen molar-refractivity contribution in [1.82, 2.24) is 14.8 Å². The summed E-state index contributed by atoms with van der Waals surface area (Å²) in [5.41, 5.74) is 4.57. The number of nitrogens with zero attached hydrogens (tertiary/aromatic N) is 2. The van der Waals surface area contributed by atoms with E-state index >= 15 is 0 Å². The van der Waals surface area contributed by atoms with Crippen LogP contribution in [0.4, 0.5) is 0 Å². The van der Waals surface area contributed by atoms with Crippen LogP contribution < -0.4 is 0 Å². The highest BCUT2D eigenvalue weighted by molar-refractivity contribution is 5.98. The Kier molecular flexibility index (Phi) is 6.79. The summed E-state index contributed by atoms with van der Waals surface area (Å²) in [6.07, 6.45) is 6.51. The van der Waals surface area contributed by atoms with Crippen LogP contribution in [0.25, 0.3) is 10.9 Å². The molecule has 5 nitrogen and oxygen atoms in total. The first kappa shape index (κ1) is 22.2. The number of carbonyl (C=O) groups excluding carboxylic acids is 1. The SMILES string of the molecule is Cc1ccccc1CN1CCC(CN(CC2CCCO2)C(=O)c2ccc3cc[nH]c3c2)CC1. The number of H-pyrrole nitrogens is 1. The van der Waals surface area contributed by atoms with Crippen LogP contribution in [0.2, 0.25) is 0 Å². The van der Waals surface area contributed by atoms with Gasteiger partial charge in [0, 0.05) is 43.5 Å². The number of ether oxygens (including phenoxy) is 1. The lowest BCUT2D eigenvalue weighted by Gasteiger charge is -2.36. The van der Waals surface area contributed by atoms with E-state index in [9.17, 15) is 4.79 Å². The molecule has 3 heterocycles. The average Bonchev–Trinajstić information content (AvgIpc) is 3.52. The van der Waals surface area contributed by atoms with Gasteiger partial charge in [-0.15, -0.1) is 0 Å². The number of hydrogen-bond acceptors (Lipinski definition) is 3. The summed E-state index contributed by atoms with van der Waals surface area (Å²) in [4.78, 5) is 21.4. The first-order chi connectivity index (χ1) is 16.2. The van der Waals surface area contributed by atoms with Crippen molar-refractivity contribution in [3.8, 4) is 0 Å². The van der Waals surface area contributed by atoms with Crippen LogP contribution in [-0.2, 0) is 11.3 Å². The highest BCUT2D eigenvalue weighted by atomic mass is 16.5. The second-order valence-corrected chi connectivity index (χ2v) is 9.77. The van der Waals surface area contributed by atoms with Crippen LogP contribution in [0.1, 0.15) is 47.2 Å². The third-order valence-corrected chi connectivity index (χ3v) is 7.38. The number of likely N-dealkylation sites (tertiary alicyclic amines) is 1. The van der Waals surface area contributed by atoms with Crippen LogP contribution in [0.5, 0.6) is 0 Å². The quantitative estimate of drug-likeness (QED) is 0.556. The molecule has 2 aromatic carbocycles. The summed E-state index contributed by atoms with van der Waals surface area (Å²) < 4.78 is 5.90. The molecule has 33 heavy (non-hydrogen) atoms. The summed E-state index contributed by atoms with van der Waals surface area (Å²) in [5, 5.41) is 1.14. The Labute approximate surface area is 196 Å². The zero-order valence-electron chi connectivity index (χ0n) is 19.6. The van der Waals surface area contributed by atoms with Crippen molar-refractivity contribution in [2.75, 3.05) is 32.8 Å². The van der Waals surface area contributed by atoms with Gasteiger partial charge in [0.15, 0.2) is 0 Å². The maximum absolute atomic E-state index is 13.6. The zero-order valence-corrected chi connectivity index (χ0v) is 19.6. The van der Waals surface area contributed by atoms with Crippen molar-refractivity contribution >= 4 is 16.8 Å². The molecule has 2 saturated heterocycles. The van der Waals surface area contributed by atoms with Gasteiger partial charge in [0.25, 0.3) is 5.91 Å². The fourth-order valence-electron chi connectivity index (χ4n) is 5.31. The molecular formula is C28H35N3O2. The van der Waals surface area contributed by atoms with E-state index in [1.54, 1.807) is 0 Å². The van der Waals surface area contributed by atoms with Gasteiger partial charge >= 0.3 is 0 Å². The molecule has 0 radical (unpaired) electrons. The van der Waals surface area contributed by atoms with Gasteiger partial charge in [-0.05, 0) is 86.3 Å². The minimum Gasteiger partial charge on any atom is -0.376 e. The fourth-order valence-corrected chi connectivity index (χ4v) is 5.31. The number of benzene rings is 2. The van der Waals surface area contributed by atoms with Gasteiger partial charge in [-0.3, -0.25) is 9.69 Å². The van der Waals surface area contributed by atoms with E-state index in [0.29, 0.717) is 12.5 Å². The molecule has 0 aliphatic carbocycles. The van der Waals surface area contributed by atoms with Gasteiger partial charge in [-0.2, -0.15) is 0 Å². The zero-order chi connectivity index (χ0) is 22.6. The van der Waals surface area contributed by atoms with Crippen LogP contribution in [0.3, 0.4) is 0 Å². The molecular weight excluding hydrogens is 410 g/mol. The van der Waals surface area contributed by atoms with E-state index in [0.717, 1.165) is 74.9 Å². The maximum atomic E-state index is 13.6. The molecule has 174 valence electrons. The number of amides is 1. The monoisotopic (exact) mass is 445 g/mol. The number of aromatic nitrogens is 1. The number of rotatable bonds is 7. The Morgan fingerprint density at radius 2 is 1.94 bits per heavy atom. The Morgan fingerprint density at radius 1 is 1.09 bits per heavy atom. The largest absolute Gasteiger partial charge is 0.376 e. The van der Waals surface area contributed by atoms with Crippen LogP contribution in [0.15, 0.2) is 54.7 Å². The second-order valence-electron chi connectivity index (χ2n) is 9.77. The first-order valence-corrected chi connectivity index (χ1v) is 12.4. The molecule has 1 N–H and O–H groups in total. The van der Waals surface area contributed by atoms with E-state index < -0.39 is 0 Å². The van der Waals surface area contributed by atoms with Gasteiger partial charge in [0.1, 0.15) is 0 Å². The molecule has 2 fully saturated rings. The minimum atomic E-state index is 0.129. The van der Waals surface area contributed by atoms with Crippen molar-refractivity contribution in [2.45, 2.75) is 45.3 Å². The second kappa shape index (κ2) is 10.1. The molecule has 5 heteroatoms. The Hall–Kier alpha value is -2.63. The maximum Gasteiger partial charge on any atom is 0.254 e. The van der Waals surface area contributed by atoms with Crippen molar-refractivity contribution in [3.05, 3.63) is 71.4 Å². The molecule has 1 unspecified atom stereocenters. The standard InChI is InChI=1S/C28H35N3O2/c1-21-5-2-3-6-25(21)19-30-14-11-22(12-15-30)18-31(20-26-7-4-16-33-26)28(32)24-9-8-23-10-13-29-27(23)17-24/h2-3,5-6,8-10,13,17,22,26,29H,4,7,11-12,14-16,18-20H2,1H3. The third kappa shape index (κ3) is 5.31. The lowest BCUT2D eigenvalue weighted by molar-refractivity contribution is 0.0445. The summed E-state index contributed by atoms with van der Waals surface area (Å²) in [6.45, 7) is 7.74. The molecule has 2 aliphatic heterocycles. The van der Waals surface area contributed by atoms with Crippen LogP contribution in [0, 0.1) is 12.8 Å². The minimum absolute atomic E-state index is 0.129. The van der Waals surface area contributed by atoms with E-state index in [2.05, 4.69) is 46.0 Å². The summed E-state index contributed by atoms with van der Waals surface area (Å²) in [5.74, 6) is 0.669. The molecule has 3 aromatic rings. The topological polar surface area (TPSA) is 48.6 Å². The lowest BCUT2D eigenvalue weighted by Crippen LogP contribution is -2.43. The van der Waals surface area contributed by atoms with E-state index in [-0.39, 0.29) is 12.0 Å². The van der Waals surface area contributed by atoms with Gasteiger partial charge in [0.05, 0.1) is 6.10 Å². The highest BCUT2D eigenvalue weighted by Gasteiger charge is 2.28. The fraction of sp³-hybridized carbons (Fsp3) is 0.464. The van der Waals surface area contributed by atoms with Crippen molar-refractivity contribution in [3.63, 3.8) is 0 Å².